The third kappa shape index (κ3) is 3.05. The predicted molar refractivity (Wildman–Crippen MR) is 79.8 cm³/mol. The molecule has 1 atom stereocenters. The summed E-state index contributed by atoms with van der Waals surface area (Å²) < 4.78 is 0. The van der Waals surface area contributed by atoms with Crippen LogP contribution in [-0.2, 0) is 16.6 Å². The summed E-state index contributed by atoms with van der Waals surface area (Å²) in [6.07, 6.45) is 1.73. The normalized spacial score (nSPS) is 13.8. The fraction of sp³-hybridized carbons (Fsp3) is 0.235. The maximum atomic E-state index is 11.6. The van der Waals surface area contributed by atoms with Gasteiger partial charge < -0.3 is 4.79 Å². The number of benzene rings is 2. The lowest BCUT2D eigenvalue weighted by Crippen LogP contribution is -2.27. The summed E-state index contributed by atoms with van der Waals surface area (Å²) in [5.41, 5.74) is 2.89. The lowest BCUT2D eigenvalue weighted by molar-refractivity contribution is -0.112. The molecule has 0 radical (unpaired) electrons. The van der Waals surface area contributed by atoms with E-state index in [1.807, 2.05) is 43.3 Å². The van der Waals surface area contributed by atoms with Crippen LogP contribution in [0, 0.1) is 6.92 Å². The zero-order valence-electron chi connectivity index (χ0n) is 11.2. The van der Waals surface area contributed by atoms with Crippen LogP contribution >= 0.6 is 11.6 Å². The fourth-order valence-corrected chi connectivity index (χ4v) is 2.37. The molecule has 0 spiro atoms. The first-order valence-electron chi connectivity index (χ1n) is 6.32. The number of aldehydes is 1. The topological polar surface area (TPSA) is 17.1 Å². The zero-order chi connectivity index (χ0) is 13.9. The fourth-order valence-electron chi connectivity index (χ4n) is 2.25. The number of hydrogen-bond donors (Lipinski definition) is 0. The van der Waals surface area contributed by atoms with Crippen LogP contribution in [0.5, 0.6) is 0 Å². The van der Waals surface area contributed by atoms with Crippen LogP contribution in [0.15, 0.2) is 48.5 Å². The van der Waals surface area contributed by atoms with Crippen LogP contribution in [-0.4, -0.2) is 6.29 Å². The van der Waals surface area contributed by atoms with Gasteiger partial charge in [0, 0.05) is 5.02 Å². The van der Waals surface area contributed by atoms with Crippen LogP contribution in [0.4, 0.5) is 0 Å². The Labute approximate surface area is 119 Å². The van der Waals surface area contributed by atoms with Gasteiger partial charge in [0.1, 0.15) is 6.29 Å². The van der Waals surface area contributed by atoms with Gasteiger partial charge in [0.15, 0.2) is 0 Å². The molecule has 0 aromatic heterocycles. The molecule has 2 heteroatoms. The van der Waals surface area contributed by atoms with E-state index in [1.165, 1.54) is 11.1 Å². The summed E-state index contributed by atoms with van der Waals surface area (Å²) in [6, 6.07) is 15.7. The molecule has 1 nitrogen and oxygen atoms in total. The van der Waals surface area contributed by atoms with Gasteiger partial charge in [-0.1, -0.05) is 48.0 Å². The molecule has 2 rings (SSSR count). The minimum absolute atomic E-state index is 0.517. The van der Waals surface area contributed by atoms with Crippen LogP contribution in [0.1, 0.15) is 23.6 Å². The number of carbonyl (C=O) groups excluding carboxylic acids is 1. The molecular formula is C17H17ClO. The van der Waals surface area contributed by atoms with Crippen molar-refractivity contribution in [1.29, 1.82) is 0 Å². The monoisotopic (exact) mass is 272 g/mol. The minimum Gasteiger partial charge on any atom is -0.302 e. The molecule has 0 aliphatic heterocycles. The Morgan fingerprint density at radius 3 is 2.32 bits per heavy atom. The maximum absolute atomic E-state index is 11.6. The lowest BCUT2D eigenvalue weighted by Gasteiger charge is -2.24. The van der Waals surface area contributed by atoms with E-state index < -0.39 is 5.41 Å². The highest BCUT2D eigenvalue weighted by molar-refractivity contribution is 6.30. The highest BCUT2D eigenvalue weighted by atomic mass is 35.5. The van der Waals surface area contributed by atoms with Gasteiger partial charge in [-0.3, -0.25) is 0 Å². The number of halogens is 1. The molecule has 0 heterocycles. The quantitative estimate of drug-likeness (QED) is 0.757. The molecule has 0 aliphatic rings. The Bertz CT molecular complexity index is 574. The van der Waals surface area contributed by atoms with Gasteiger partial charge in [-0.2, -0.15) is 0 Å². The minimum atomic E-state index is -0.517. The van der Waals surface area contributed by atoms with Crippen molar-refractivity contribution >= 4 is 17.9 Å². The van der Waals surface area contributed by atoms with E-state index in [1.54, 1.807) is 0 Å². The number of aryl methyl sites for hydroxylation is 1. The second-order valence-corrected chi connectivity index (χ2v) is 5.58. The zero-order valence-corrected chi connectivity index (χ0v) is 11.9. The molecule has 0 N–H and O–H groups in total. The van der Waals surface area contributed by atoms with Gasteiger partial charge in [-0.15, -0.1) is 0 Å². The van der Waals surface area contributed by atoms with E-state index in [0.717, 1.165) is 11.8 Å². The smallest absolute Gasteiger partial charge is 0.130 e. The summed E-state index contributed by atoms with van der Waals surface area (Å²) in [5, 5.41) is 0.688. The predicted octanol–water partition coefficient (Wildman–Crippen LogP) is 4.35. The summed E-state index contributed by atoms with van der Waals surface area (Å²) in [4.78, 5) is 11.6. The Morgan fingerprint density at radius 2 is 1.74 bits per heavy atom. The first-order valence-corrected chi connectivity index (χ1v) is 6.70. The summed E-state index contributed by atoms with van der Waals surface area (Å²) in [6.45, 7) is 4.04. The second kappa shape index (κ2) is 5.58. The number of carbonyl (C=O) groups is 1. The van der Waals surface area contributed by atoms with Crippen molar-refractivity contribution in [2.45, 2.75) is 25.7 Å². The maximum Gasteiger partial charge on any atom is 0.130 e. The Hall–Kier alpha value is -1.60. The Morgan fingerprint density at radius 1 is 1.11 bits per heavy atom. The first-order chi connectivity index (χ1) is 9.05. The van der Waals surface area contributed by atoms with Gasteiger partial charge in [0.2, 0.25) is 0 Å². The molecule has 2 aromatic rings. The molecule has 1 unspecified atom stereocenters. The van der Waals surface area contributed by atoms with Gasteiger partial charge in [-0.25, -0.2) is 0 Å². The molecule has 0 saturated carbocycles. The first kappa shape index (κ1) is 13.8. The van der Waals surface area contributed by atoms with Gasteiger partial charge >= 0.3 is 0 Å². The van der Waals surface area contributed by atoms with Gasteiger partial charge in [0.25, 0.3) is 0 Å². The third-order valence-corrected chi connectivity index (χ3v) is 3.83. The van der Waals surface area contributed by atoms with E-state index in [0.29, 0.717) is 11.4 Å². The average molecular weight is 273 g/mol. The molecule has 0 fully saturated rings. The molecule has 98 valence electrons. The van der Waals surface area contributed by atoms with Crippen molar-refractivity contribution in [3.63, 3.8) is 0 Å². The standard InChI is InChI=1S/C17H17ClO/c1-13-5-3-4-6-14(13)11-17(2,12-19)15-7-9-16(18)10-8-15/h3-10,12H,11H2,1-2H3. The van der Waals surface area contributed by atoms with Crippen molar-refractivity contribution in [3.8, 4) is 0 Å². The molecular weight excluding hydrogens is 256 g/mol. The van der Waals surface area contributed by atoms with E-state index >= 15 is 0 Å². The summed E-state index contributed by atoms with van der Waals surface area (Å²) in [5.74, 6) is 0. The second-order valence-electron chi connectivity index (χ2n) is 5.15. The molecule has 2 aromatic carbocycles. The van der Waals surface area contributed by atoms with Crippen LogP contribution in [0.25, 0.3) is 0 Å². The average Bonchev–Trinajstić information content (AvgIpc) is 2.42. The third-order valence-electron chi connectivity index (χ3n) is 3.58. The summed E-state index contributed by atoms with van der Waals surface area (Å²) in [7, 11) is 0. The van der Waals surface area contributed by atoms with E-state index in [2.05, 4.69) is 19.1 Å². The lowest BCUT2D eigenvalue weighted by atomic mass is 9.78. The van der Waals surface area contributed by atoms with Crippen molar-refractivity contribution in [3.05, 3.63) is 70.2 Å². The Kier molecular flexibility index (Phi) is 4.06. The van der Waals surface area contributed by atoms with E-state index in [-0.39, 0.29) is 0 Å². The van der Waals surface area contributed by atoms with Crippen molar-refractivity contribution in [2.75, 3.05) is 0 Å². The van der Waals surface area contributed by atoms with Crippen molar-refractivity contribution < 1.29 is 4.79 Å². The Balaban J connectivity index is 2.35. The van der Waals surface area contributed by atoms with Crippen LogP contribution < -0.4 is 0 Å². The molecule has 0 aliphatic carbocycles. The summed E-state index contributed by atoms with van der Waals surface area (Å²) >= 11 is 5.90. The highest BCUT2D eigenvalue weighted by Crippen LogP contribution is 2.28. The van der Waals surface area contributed by atoms with Crippen LogP contribution in [0.3, 0.4) is 0 Å². The van der Waals surface area contributed by atoms with Crippen molar-refractivity contribution in [2.24, 2.45) is 0 Å². The number of hydrogen-bond acceptors (Lipinski definition) is 1. The van der Waals surface area contributed by atoms with Gasteiger partial charge in [-0.05, 0) is 49.1 Å². The SMILES string of the molecule is Cc1ccccc1CC(C)(C=O)c1ccc(Cl)cc1. The van der Waals surface area contributed by atoms with E-state index in [9.17, 15) is 4.79 Å². The molecule has 19 heavy (non-hydrogen) atoms. The molecule has 0 amide bonds. The van der Waals surface area contributed by atoms with E-state index in [4.69, 9.17) is 11.6 Å². The largest absolute Gasteiger partial charge is 0.302 e. The van der Waals surface area contributed by atoms with Crippen LogP contribution in [0.2, 0.25) is 5.02 Å². The van der Waals surface area contributed by atoms with Crippen molar-refractivity contribution in [1.82, 2.24) is 0 Å². The van der Waals surface area contributed by atoms with Gasteiger partial charge in [0.05, 0.1) is 5.41 Å². The number of rotatable bonds is 4. The molecule has 0 bridgehead atoms. The highest BCUT2D eigenvalue weighted by Gasteiger charge is 2.27. The molecule has 0 saturated heterocycles.